The fourth-order valence-electron chi connectivity index (χ4n) is 1.42. The van der Waals surface area contributed by atoms with Crippen LogP contribution >= 0.6 is 34.2 Å². The summed E-state index contributed by atoms with van der Waals surface area (Å²) in [6.45, 7) is 0.222. The largest absolute Gasteiger partial charge is 0.481 e. The van der Waals surface area contributed by atoms with Crippen molar-refractivity contribution in [3.8, 4) is 11.4 Å². The molecule has 0 bridgehead atoms. The molecule has 0 aliphatic rings. The van der Waals surface area contributed by atoms with Crippen LogP contribution in [0.1, 0.15) is 6.42 Å². The first-order chi connectivity index (χ1) is 8.58. The first kappa shape index (κ1) is 13.2. The van der Waals surface area contributed by atoms with E-state index in [4.69, 9.17) is 16.7 Å². The Morgan fingerprint density at radius 3 is 3.00 bits per heavy atom. The predicted molar refractivity (Wildman–Crippen MR) is 73.2 cm³/mol. The zero-order valence-corrected chi connectivity index (χ0v) is 12.0. The summed E-state index contributed by atoms with van der Waals surface area (Å²) in [5, 5.41) is 20.5. The van der Waals surface area contributed by atoms with E-state index in [2.05, 4.69) is 38.1 Å². The number of carbonyl (C=O) groups is 1. The van der Waals surface area contributed by atoms with E-state index in [0.29, 0.717) is 10.8 Å². The molecule has 0 spiro atoms. The quantitative estimate of drug-likeness (QED) is 0.824. The van der Waals surface area contributed by atoms with E-state index in [1.807, 2.05) is 6.07 Å². The highest BCUT2D eigenvalue weighted by Gasteiger charge is 2.13. The fourth-order valence-corrected chi connectivity index (χ4v) is 2.17. The first-order valence-electron chi connectivity index (χ1n) is 5.01. The van der Waals surface area contributed by atoms with Gasteiger partial charge in [0, 0.05) is 14.2 Å². The van der Waals surface area contributed by atoms with Gasteiger partial charge in [-0.1, -0.05) is 11.6 Å². The molecule has 6 nitrogen and oxygen atoms in total. The number of hydrogen-bond donors (Lipinski definition) is 1. The van der Waals surface area contributed by atoms with E-state index in [1.54, 1.807) is 12.1 Å². The minimum atomic E-state index is -0.891. The summed E-state index contributed by atoms with van der Waals surface area (Å²) >= 11 is 8.09. The third-order valence-electron chi connectivity index (χ3n) is 2.24. The Morgan fingerprint density at radius 2 is 2.28 bits per heavy atom. The number of aromatic nitrogens is 4. The van der Waals surface area contributed by atoms with Gasteiger partial charge in [0.15, 0.2) is 5.82 Å². The molecule has 0 aliphatic heterocycles. The highest BCUT2D eigenvalue weighted by atomic mass is 127. The van der Waals surface area contributed by atoms with Crippen LogP contribution in [0.25, 0.3) is 11.4 Å². The Kier molecular flexibility index (Phi) is 4.12. The Hall–Kier alpha value is -1.22. The summed E-state index contributed by atoms with van der Waals surface area (Å²) in [6.07, 6.45) is -0.0326. The molecule has 2 aromatic rings. The van der Waals surface area contributed by atoms with Gasteiger partial charge < -0.3 is 5.11 Å². The van der Waals surface area contributed by atoms with E-state index >= 15 is 0 Å². The van der Waals surface area contributed by atoms with Crippen LogP contribution in [0.3, 0.4) is 0 Å². The normalized spacial score (nSPS) is 10.6. The lowest BCUT2D eigenvalue weighted by Gasteiger charge is -2.05. The van der Waals surface area contributed by atoms with Crippen molar-refractivity contribution in [2.24, 2.45) is 0 Å². The number of nitrogens with zero attached hydrogens (tertiary/aromatic N) is 4. The second-order valence-electron chi connectivity index (χ2n) is 3.49. The number of hydrogen-bond acceptors (Lipinski definition) is 4. The molecule has 1 N–H and O–H groups in total. The summed E-state index contributed by atoms with van der Waals surface area (Å²) in [4.78, 5) is 10.6. The lowest BCUT2D eigenvalue weighted by atomic mass is 10.2. The average molecular weight is 379 g/mol. The van der Waals surface area contributed by atoms with Crippen LogP contribution in [-0.2, 0) is 11.3 Å². The SMILES string of the molecule is O=C(O)CCn1nnnc1-c1cc(Cl)ccc1I. The summed E-state index contributed by atoms with van der Waals surface area (Å²) in [6, 6.07) is 5.39. The zero-order chi connectivity index (χ0) is 13.1. The van der Waals surface area contributed by atoms with Crippen molar-refractivity contribution >= 4 is 40.2 Å². The van der Waals surface area contributed by atoms with Crippen molar-refractivity contribution in [1.82, 2.24) is 20.2 Å². The molecular formula is C10H8ClIN4O2. The second kappa shape index (κ2) is 5.61. The molecule has 2 rings (SSSR count). The van der Waals surface area contributed by atoms with Gasteiger partial charge in [-0.15, -0.1) is 5.10 Å². The third kappa shape index (κ3) is 2.96. The Labute approximate surface area is 121 Å². The molecule has 0 atom stereocenters. The van der Waals surface area contributed by atoms with E-state index in [-0.39, 0.29) is 13.0 Å². The molecule has 0 unspecified atom stereocenters. The summed E-state index contributed by atoms with van der Waals surface area (Å²) in [5.74, 6) is -0.375. The van der Waals surface area contributed by atoms with Gasteiger partial charge in [-0.3, -0.25) is 4.79 Å². The highest BCUT2D eigenvalue weighted by molar-refractivity contribution is 14.1. The van der Waals surface area contributed by atoms with Crippen LogP contribution in [-0.4, -0.2) is 31.3 Å². The Morgan fingerprint density at radius 1 is 1.50 bits per heavy atom. The van der Waals surface area contributed by atoms with Crippen molar-refractivity contribution in [2.75, 3.05) is 0 Å². The van der Waals surface area contributed by atoms with Crippen molar-refractivity contribution in [1.29, 1.82) is 0 Å². The number of carboxylic acid groups (broad SMARTS) is 1. The third-order valence-corrected chi connectivity index (χ3v) is 3.41. The molecular weight excluding hydrogens is 370 g/mol. The maximum atomic E-state index is 10.6. The van der Waals surface area contributed by atoms with Crippen LogP contribution in [0, 0.1) is 3.57 Å². The topological polar surface area (TPSA) is 80.9 Å². The highest BCUT2D eigenvalue weighted by Crippen LogP contribution is 2.26. The molecule has 0 radical (unpaired) electrons. The van der Waals surface area contributed by atoms with Gasteiger partial charge >= 0.3 is 5.97 Å². The maximum Gasteiger partial charge on any atom is 0.305 e. The Bertz CT molecular complexity index is 587. The molecule has 0 saturated carbocycles. The molecule has 1 aromatic carbocycles. The second-order valence-corrected chi connectivity index (χ2v) is 5.09. The van der Waals surface area contributed by atoms with Crippen molar-refractivity contribution in [3.63, 3.8) is 0 Å². The molecule has 8 heteroatoms. The van der Waals surface area contributed by atoms with Gasteiger partial charge in [-0.2, -0.15) is 0 Å². The molecule has 0 amide bonds. The van der Waals surface area contributed by atoms with Crippen LogP contribution in [0.2, 0.25) is 5.02 Å². The van der Waals surface area contributed by atoms with Crippen molar-refractivity contribution in [3.05, 3.63) is 26.8 Å². The summed E-state index contributed by atoms with van der Waals surface area (Å²) < 4.78 is 2.41. The standard InChI is InChI=1S/C10H8ClIN4O2/c11-6-1-2-8(12)7(5-6)10-13-14-15-16(10)4-3-9(17)18/h1-2,5H,3-4H2,(H,17,18). The van der Waals surface area contributed by atoms with Gasteiger partial charge in [0.1, 0.15) is 0 Å². The molecule has 1 aromatic heterocycles. The molecule has 94 valence electrons. The van der Waals surface area contributed by atoms with Crippen molar-refractivity contribution < 1.29 is 9.90 Å². The summed E-state index contributed by atoms with van der Waals surface area (Å²) in [7, 11) is 0. The first-order valence-corrected chi connectivity index (χ1v) is 6.47. The molecule has 0 aliphatic carbocycles. The summed E-state index contributed by atoms with van der Waals surface area (Å²) in [5.41, 5.74) is 0.790. The van der Waals surface area contributed by atoms with Crippen LogP contribution in [0.4, 0.5) is 0 Å². The number of aryl methyl sites for hydroxylation is 1. The smallest absolute Gasteiger partial charge is 0.305 e. The van der Waals surface area contributed by atoms with Crippen molar-refractivity contribution in [2.45, 2.75) is 13.0 Å². The van der Waals surface area contributed by atoms with Crippen LogP contribution in [0.15, 0.2) is 18.2 Å². The minimum Gasteiger partial charge on any atom is -0.481 e. The molecule has 0 fully saturated rings. The van der Waals surface area contributed by atoms with Gasteiger partial charge in [-0.25, -0.2) is 4.68 Å². The lowest BCUT2D eigenvalue weighted by Crippen LogP contribution is -2.08. The van der Waals surface area contributed by atoms with Gasteiger partial charge in [0.25, 0.3) is 0 Å². The maximum absolute atomic E-state index is 10.6. The number of benzene rings is 1. The van der Waals surface area contributed by atoms with E-state index in [9.17, 15) is 4.79 Å². The minimum absolute atomic E-state index is 0.0326. The van der Waals surface area contributed by atoms with Crippen LogP contribution in [0.5, 0.6) is 0 Å². The van der Waals surface area contributed by atoms with E-state index in [0.717, 1.165) is 9.13 Å². The van der Waals surface area contributed by atoms with E-state index in [1.165, 1.54) is 4.68 Å². The Balaban J connectivity index is 2.36. The number of halogens is 2. The van der Waals surface area contributed by atoms with Gasteiger partial charge in [0.05, 0.1) is 13.0 Å². The van der Waals surface area contributed by atoms with Gasteiger partial charge in [0.2, 0.25) is 0 Å². The average Bonchev–Trinajstić information content (AvgIpc) is 2.77. The number of tetrazole rings is 1. The zero-order valence-electron chi connectivity index (χ0n) is 9.05. The fraction of sp³-hybridized carbons (Fsp3) is 0.200. The van der Waals surface area contributed by atoms with Gasteiger partial charge in [-0.05, 0) is 51.2 Å². The molecule has 1 heterocycles. The molecule has 18 heavy (non-hydrogen) atoms. The van der Waals surface area contributed by atoms with E-state index < -0.39 is 5.97 Å². The number of aliphatic carboxylic acids is 1. The molecule has 0 saturated heterocycles. The number of carboxylic acids is 1. The number of rotatable bonds is 4. The lowest BCUT2D eigenvalue weighted by molar-refractivity contribution is -0.137. The monoisotopic (exact) mass is 378 g/mol. The predicted octanol–water partition coefficient (Wildman–Crippen LogP) is 2.07. The van der Waals surface area contributed by atoms with Crippen LogP contribution < -0.4 is 0 Å².